The summed E-state index contributed by atoms with van der Waals surface area (Å²) in [4.78, 5) is 11.1. The normalized spacial score (nSPS) is 27.1. The molecule has 1 aromatic rings. The van der Waals surface area contributed by atoms with Gasteiger partial charge in [0.25, 0.3) is 5.91 Å². The number of amides is 1. The second-order valence-electron chi connectivity index (χ2n) is 3.85. The van der Waals surface area contributed by atoms with Crippen molar-refractivity contribution in [3.8, 4) is 12.3 Å². The van der Waals surface area contributed by atoms with Gasteiger partial charge in [0.05, 0.1) is 12.7 Å². The third-order valence-electron chi connectivity index (χ3n) is 2.72. The Hall–Kier alpha value is -1.95. The van der Waals surface area contributed by atoms with Crippen molar-refractivity contribution in [1.82, 2.24) is 15.0 Å². The molecule has 0 bridgehead atoms. The third kappa shape index (κ3) is 1.95. The molecule has 1 aromatic heterocycles. The molecule has 3 atom stereocenters. The third-order valence-corrected chi connectivity index (χ3v) is 2.72. The zero-order valence-corrected chi connectivity index (χ0v) is 9.35. The van der Waals surface area contributed by atoms with Crippen molar-refractivity contribution in [2.45, 2.75) is 24.9 Å². The molecule has 1 aliphatic heterocycles. The second kappa shape index (κ2) is 4.73. The van der Waals surface area contributed by atoms with E-state index in [2.05, 4.69) is 16.2 Å². The monoisotopic (exact) mass is 252 g/mol. The van der Waals surface area contributed by atoms with Crippen LogP contribution in [0.15, 0.2) is 0 Å². The average molecular weight is 252 g/mol. The SMILES string of the molecule is C#Cc1c(C(N)=O)nnn1[C@H]1C[C@H](O)[C@@H](CO)O1. The lowest BCUT2D eigenvalue weighted by Gasteiger charge is -2.12. The molecule has 1 amide bonds. The number of primary amides is 1. The molecule has 1 aliphatic rings. The fourth-order valence-electron chi connectivity index (χ4n) is 1.82. The molecule has 1 saturated heterocycles. The van der Waals surface area contributed by atoms with E-state index in [1.54, 1.807) is 0 Å². The van der Waals surface area contributed by atoms with Gasteiger partial charge >= 0.3 is 0 Å². The summed E-state index contributed by atoms with van der Waals surface area (Å²) in [5.41, 5.74) is 5.08. The number of aliphatic hydroxyl groups is 2. The molecule has 0 spiro atoms. The number of carbonyl (C=O) groups is 1. The van der Waals surface area contributed by atoms with E-state index in [9.17, 15) is 9.90 Å². The molecule has 96 valence electrons. The summed E-state index contributed by atoms with van der Waals surface area (Å²) in [6.07, 6.45) is 3.26. The van der Waals surface area contributed by atoms with Gasteiger partial charge in [-0.2, -0.15) is 0 Å². The Morgan fingerprint density at radius 1 is 1.72 bits per heavy atom. The van der Waals surface area contributed by atoms with Crippen LogP contribution >= 0.6 is 0 Å². The summed E-state index contributed by atoms with van der Waals surface area (Å²) < 4.78 is 6.56. The quantitative estimate of drug-likeness (QED) is 0.534. The molecular weight excluding hydrogens is 240 g/mol. The molecule has 0 radical (unpaired) electrons. The molecular formula is C10H12N4O4. The van der Waals surface area contributed by atoms with E-state index >= 15 is 0 Å². The van der Waals surface area contributed by atoms with Crippen molar-refractivity contribution >= 4 is 5.91 Å². The highest BCUT2D eigenvalue weighted by Crippen LogP contribution is 2.29. The second-order valence-corrected chi connectivity index (χ2v) is 3.85. The van der Waals surface area contributed by atoms with Crippen LogP contribution in [0.1, 0.15) is 28.8 Å². The number of aliphatic hydroxyl groups excluding tert-OH is 2. The Kier molecular flexibility index (Phi) is 3.29. The maximum Gasteiger partial charge on any atom is 0.272 e. The molecule has 0 unspecified atom stereocenters. The van der Waals surface area contributed by atoms with Gasteiger partial charge in [-0.15, -0.1) is 11.5 Å². The summed E-state index contributed by atoms with van der Waals surface area (Å²) in [6, 6.07) is 0. The Bertz CT molecular complexity index is 506. The first kappa shape index (κ1) is 12.5. The van der Waals surface area contributed by atoms with Gasteiger partial charge in [0.15, 0.2) is 11.9 Å². The summed E-state index contributed by atoms with van der Waals surface area (Å²) in [5.74, 6) is 1.48. The maximum absolute atomic E-state index is 11.1. The fourth-order valence-corrected chi connectivity index (χ4v) is 1.82. The van der Waals surface area contributed by atoms with Gasteiger partial charge in [0, 0.05) is 6.42 Å². The predicted octanol–water partition coefficient (Wildman–Crippen LogP) is -2.00. The van der Waals surface area contributed by atoms with Crippen LogP contribution in [-0.2, 0) is 4.74 Å². The number of aromatic nitrogens is 3. The topological polar surface area (TPSA) is 123 Å². The number of nitrogens with two attached hydrogens (primary N) is 1. The minimum Gasteiger partial charge on any atom is -0.394 e. The smallest absolute Gasteiger partial charge is 0.272 e. The summed E-state index contributed by atoms with van der Waals surface area (Å²) in [5, 5.41) is 25.9. The molecule has 0 aliphatic carbocycles. The Balaban J connectivity index is 2.31. The number of nitrogens with zero attached hydrogens (tertiary/aromatic N) is 3. The Morgan fingerprint density at radius 2 is 2.44 bits per heavy atom. The van der Waals surface area contributed by atoms with Gasteiger partial charge in [-0.05, 0) is 5.92 Å². The highest BCUT2D eigenvalue weighted by atomic mass is 16.5. The van der Waals surface area contributed by atoms with Crippen LogP contribution in [0.5, 0.6) is 0 Å². The Morgan fingerprint density at radius 3 is 2.94 bits per heavy atom. The summed E-state index contributed by atoms with van der Waals surface area (Å²) in [6.45, 7) is -0.319. The molecule has 1 fully saturated rings. The standard InChI is InChI=1S/C10H12N4O4/c1-2-5-9(10(11)17)12-13-14(5)8-3-6(16)7(4-15)18-8/h1,6-8,15-16H,3-4H2,(H2,11,17)/t6-,7+,8+/m0/s1. The van der Waals surface area contributed by atoms with Crippen molar-refractivity contribution < 1.29 is 19.7 Å². The molecule has 18 heavy (non-hydrogen) atoms. The van der Waals surface area contributed by atoms with E-state index in [0.29, 0.717) is 0 Å². The van der Waals surface area contributed by atoms with Crippen LogP contribution < -0.4 is 5.73 Å². The van der Waals surface area contributed by atoms with Crippen molar-refractivity contribution in [3.05, 3.63) is 11.4 Å². The van der Waals surface area contributed by atoms with Crippen LogP contribution in [0.25, 0.3) is 0 Å². The molecule has 8 nitrogen and oxygen atoms in total. The lowest BCUT2D eigenvalue weighted by Crippen LogP contribution is -2.24. The lowest BCUT2D eigenvalue weighted by molar-refractivity contribution is -0.0492. The first-order chi connectivity index (χ1) is 8.58. The minimum absolute atomic E-state index is 0.0956. The van der Waals surface area contributed by atoms with E-state index in [1.165, 1.54) is 4.68 Å². The van der Waals surface area contributed by atoms with Gasteiger partial charge in [0.1, 0.15) is 11.8 Å². The fraction of sp³-hybridized carbons (Fsp3) is 0.500. The average Bonchev–Trinajstić information content (AvgIpc) is 2.91. The largest absolute Gasteiger partial charge is 0.394 e. The zero-order valence-electron chi connectivity index (χ0n) is 9.35. The molecule has 2 rings (SSSR count). The van der Waals surface area contributed by atoms with E-state index in [1.807, 2.05) is 0 Å². The van der Waals surface area contributed by atoms with Gasteiger partial charge in [0.2, 0.25) is 0 Å². The van der Waals surface area contributed by atoms with E-state index in [4.69, 9.17) is 22.0 Å². The number of ether oxygens (including phenoxy) is 1. The van der Waals surface area contributed by atoms with Crippen molar-refractivity contribution in [3.63, 3.8) is 0 Å². The zero-order chi connectivity index (χ0) is 13.3. The lowest BCUT2D eigenvalue weighted by atomic mass is 10.2. The van der Waals surface area contributed by atoms with Gasteiger partial charge in [-0.25, -0.2) is 4.68 Å². The molecule has 2 heterocycles. The number of hydrogen-bond donors (Lipinski definition) is 3. The van der Waals surface area contributed by atoms with E-state index < -0.39 is 24.3 Å². The first-order valence-electron chi connectivity index (χ1n) is 5.24. The van der Waals surface area contributed by atoms with Gasteiger partial charge in [-0.1, -0.05) is 5.21 Å². The van der Waals surface area contributed by atoms with Gasteiger partial charge in [-0.3, -0.25) is 4.79 Å². The summed E-state index contributed by atoms with van der Waals surface area (Å²) >= 11 is 0. The van der Waals surface area contributed by atoms with Crippen LogP contribution in [-0.4, -0.2) is 49.9 Å². The van der Waals surface area contributed by atoms with Gasteiger partial charge < -0.3 is 20.7 Å². The summed E-state index contributed by atoms with van der Waals surface area (Å²) in [7, 11) is 0. The van der Waals surface area contributed by atoms with Crippen LogP contribution in [0.2, 0.25) is 0 Å². The minimum atomic E-state index is -0.827. The molecule has 4 N–H and O–H groups in total. The molecule has 8 heteroatoms. The highest BCUT2D eigenvalue weighted by Gasteiger charge is 2.36. The van der Waals surface area contributed by atoms with Crippen LogP contribution in [0.3, 0.4) is 0 Å². The predicted molar refractivity (Wildman–Crippen MR) is 58.1 cm³/mol. The van der Waals surface area contributed by atoms with Crippen molar-refractivity contribution in [2.75, 3.05) is 6.61 Å². The number of rotatable bonds is 3. The Labute approximate surface area is 102 Å². The van der Waals surface area contributed by atoms with Crippen LogP contribution in [0, 0.1) is 12.3 Å². The van der Waals surface area contributed by atoms with E-state index in [-0.39, 0.29) is 24.4 Å². The molecule has 0 aromatic carbocycles. The number of hydrogen-bond acceptors (Lipinski definition) is 6. The maximum atomic E-state index is 11.1. The highest BCUT2D eigenvalue weighted by molar-refractivity contribution is 5.92. The number of terminal acetylenes is 1. The van der Waals surface area contributed by atoms with Crippen molar-refractivity contribution in [2.24, 2.45) is 5.73 Å². The van der Waals surface area contributed by atoms with Crippen LogP contribution in [0.4, 0.5) is 0 Å². The van der Waals surface area contributed by atoms with E-state index in [0.717, 1.165) is 0 Å². The molecule has 0 saturated carbocycles. The number of carbonyl (C=O) groups excluding carboxylic acids is 1. The first-order valence-corrected chi connectivity index (χ1v) is 5.24. The van der Waals surface area contributed by atoms with Crippen molar-refractivity contribution in [1.29, 1.82) is 0 Å².